The van der Waals surface area contributed by atoms with Gasteiger partial charge in [-0.1, -0.05) is 6.08 Å². The van der Waals surface area contributed by atoms with Gasteiger partial charge < -0.3 is 11.5 Å². The summed E-state index contributed by atoms with van der Waals surface area (Å²) in [5.41, 5.74) is 9.76. The Morgan fingerprint density at radius 1 is 1.75 bits per heavy atom. The fraction of sp³-hybridized carbons (Fsp3) is 0.375. The van der Waals surface area contributed by atoms with Crippen LogP contribution in [0.1, 0.15) is 13.3 Å². The molecule has 0 aliphatic heterocycles. The molecule has 12 heavy (non-hydrogen) atoms. The second-order valence-electron chi connectivity index (χ2n) is 3.20. The van der Waals surface area contributed by atoms with Crippen LogP contribution in [0.2, 0.25) is 0 Å². The minimum absolute atomic E-state index is 0.0295. The SMILES string of the molecule is CC1(N)C=CC(C(N)=O)=C(F)C1. The molecule has 0 saturated carbocycles. The lowest BCUT2D eigenvalue weighted by molar-refractivity contribution is -0.114. The predicted octanol–water partition coefficient (Wildman–Crippen LogP) is 0.373. The molecule has 0 saturated heterocycles. The number of carbonyl (C=O) groups excluding carboxylic acids is 1. The molecule has 1 atom stereocenters. The van der Waals surface area contributed by atoms with E-state index in [0.29, 0.717) is 0 Å². The zero-order valence-electron chi connectivity index (χ0n) is 6.80. The topological polar surface area (TPSA) is 69.1 Å². The Kier molecular flexibility index (Phi) is 2.02. The highest BCUT2D eigenvalue weighted by molar-refractivity contribution is 5.95. The van der Waals surface area contributed by atoms with E-state index in [9.17, 15) is 9.18 Å². The Balaban J connectivity index is 2.95. The number of primary amides is 1. The molecule has 66 valence electrons. The molecule has 1 rings (SSSR count). The van der Waals surface area contributed by atoms with E-state index in [1.807, 2.05) is 0 Å². The van der Waals surface area contributed by atoms with E-state index >= 15 is 0 Å². The number of hydrogen-bond acceptors (Lipinski definition) is 2. The quantitative estimate of drug-likeness (QED) is 0.597. The van der Waals surface area contributed by atoms with E-state index < -0.39 is 17.3 Å². The van der Waals surface area contributed by atoms with Crippen LogP contribution in [-0.2, 0) is 4.79 Å². The number of halogens is 1. The molecule has 3 nitrogen and oxygen atoms in total. The minimum Gasteiger partial charge on any atom is -0.366 e. The van der Waals surface area contributed by atoms with E-state index in [4.69, 9.17) is 11.5 Å². The highest BCUT2D eigenvalue weighted by Crippen LogP contribution is 2.25. The summed E-state index contributed by atoms with van der Waals surface area (Å²) in [6.07, 6.45) is 2.94. The first kappa shape index (κ1) is 8.93. The first-order valence-corrected chi connectivity index (χ1v) is 3.59. The second kappa shape index (κ2) is 2.71. The molecule has 0 fully saturated rings. The lowest BCUT2D eigenvalue weighted by Gasteiger charge is -2.23. The van der Waals surface area contributed by atoms with Crippen molar-refractivity contribution in [3.05, 3.63) is 23.6 Å². The molecular weight excluding hydrogens is 159 g/mol. The van der Waals surface area contributed by atoms with Crippen molar-refractivity contribution in [1.29, 1.82) is 0 Å². The van der Waals surface area contributed by atoms with Crippen molar-refractivity contribution in [2.75, 3.05) is 0 Å². The molecule has 1 unspecified atom stereocenters. The molecule has 0 aromatic carbocycles. The van der Waals surface area contributed by atoms with E-state index in [1.54, 1.807) is 13.0 Å². The number of hydrogen-bond donors (Lipinski definition) is 2. The standard InChI is InChI=1S/C8H11FN2O/c1-8(11)3-2-5(7(10)12)6(9)4-8/h2-3H,4,11H2,1H3,(H2,10,12). The Morgan fingerprint density at radius 2 is 2.33 bits per heavy atom. The molecule has 0 aromatic rings. The highest BCUT2D eigenvalue weighted by Gasteiger charge is 2.24. The molecule has 0 bridgehead atoms. The van der Waals surface area contributed by atoms with Crippen LogP contribution in [0.15, 0.2) is 23.6 Å². The van der Waals surface area contributed by atoms with Gasteiger partial charge in [-0.3, -0.25) is 4.79 Å². The van der Waals surface area contributed by atoms with Crippen molar-refractivity contribution >= 4 is 5.91 Å². The van der Waals surface area contributed by atoms with Gasteiger partial charge in [0.15, 0.2) is 0 Å². The molecule has 1 aliphatic carbocycles. The molecule has 0 heterocycles. The fourth-order valence-electron chi connectivity index (χ4n) is 1.07. The summed E-state index contributed by atoms with van der Waals surface area (Å²) >= 11 is 0. The van der Waals surface area contributed by atoms with Gasteiger partial charge in [0.25, 0.3) is 5.91 Å². The lowest BCUT2D eigenvalue weighted by atomic mass is 9.90. The summed E-state index contributed by atoms with van der Waals surface area (Å²) in [4.78, 5) is 10.6. The second-order valence-corrected chi connectivity index (χ2v) is 3.20. The van der Waals surface area contributed by atoms with Crippen LogP contribution >= 0.6 is 0 Å². The third-order valence-electron chi connectivity index (χ3n) is 1.72. The predicted molar refractivity (Wildman–Crippen MR) is 43.7 cm³/mol. The summed E-state index contributed by atoms with van der Waals surface area (Å²) < 4.78 is 13.0. The van der Waals surface area contributed by atoms with Gasteiger partial charge in [0.1, 0.15) is 5.83 Å². The van der Waals surface area contributed by atoms with Crippen LogP contribution < -0.4 is 11.5 Å². The molecular formula is C8H11FN2O. The average molecular weight is 170 g/mol. The van der Waals surface area contributed by atoms with Crippen LogP contribution in [0.5, 0.6) is 0 Å². The molecule has 1 amide bonds. The highest BCUT2D eigenvalue weighted by atomic mass is 19.1. The molecule has 0 aromatic heterocycles. The van der Waals surface area contributed by atoms with E-state index in [0.717, 1.165) is 0 Å². The molecule has 4 N–H and O–H groups in total. The van der Waals surface area contributed by atoms with Gasteiger partial charge in [0.2, 0.25) is 0 Å². The molecule has 0 radical (unpaired) electrons. The minimum atomic E-state index is -0.751. The van der Waals surface area contributed by atoms with Crippen LogP contribution in [0.25, 0.3) is 0 Å². The maximum Gasteiger partial charge on any atom is 0.251 e. The number of nitrogens with two attached hydrogens (primary N) is 2. The third kappa shape index (κ3) is 1.71. The van der Waals surface area contributed by atoms with Crippen molar-refractivity contribution in [2.45, 2.75) is 18.9 Å². The van der Waals surface area contributed by atoms with Gasteiger partial charge in [-0.2, -0.15) is 0 Å². The van der Waals surface area contributed by atoms with Gasteiger partial charge in [0.05, 0.1) is 5.57 Å². The summed E-state index contributed by atoms with van der Waals surface area (Å²) in [5.74, 6) is -1.28. The van der Waals surface area contributed by atoms with Crippen molar-refractivity contribution < 1.29 is 9.18 Å². The molecule has 4 heteroatoms. The lowest BCUT2D eigenvalue weighted by Crippen LogP contribution is -2.36. The maximum atomic E-state index is 13.0. The van der Waals surface area contributed by atoms with Crippen molar-refractivity contribution in [3.8, 4) is 0 Å². The van der Waals surface area contributed by atoms with E-state index in [2.05, 4.69) is 0 Å². The number of carbonyl (C=O) groups is 1. The van der Waals surface area contributed by atoms with Crippen LogP contribution in [0, 0.1) is 0 Å². The zero-order chi connectivity index (χ0) is 9.35. The summed E-state index contributed by atoms with van der Waals surface area (Å²) in [7, 11) is 0. The number of rotatable bonds is 1. The molecule has 0 spiro atoms. The monoisotopic (exact) mass is 170 g/mol. The Bertz CT molecular complexity index is 279. The maximum absolute atomic E-state index is 13.0. The van der Waals surface area contributed by atoms with E-state index in [1.165, 1.54) is 6.08 Å². The summed E-state index contributed by atoms with van der Waals surface area (Å²) in [6.45, 7) is 1.68. The Morgan fingerprint density at radius 3 is 2.75 bits per heavy atom. The summed E-state index contributed by atoms with van der Waals surface area (Å²) in [6, 6.07) is 0. The van der Waals surface area contributed by atoms with Gasteiger partial charge in [0, 0.05) is 12.0 Å². The van der Waals surface area contributed by atoms with Crippen LogP contribution in [0.3, 0.4) is 0 Å². The van der Waals surface area contributed by atoms with Gasteiger partial charge in [-0.05, 0) is 13.0 Å². The third-order valence-corrected chi connectivity index (χ3v) is 1.72. The normalized spacial score (nSPS) is 29.2. The summed E-state index contributed by atoms with van der Waals surface area (Å²) in [5, 5.41) is 0. The van der Waals surface area contributed by atoms with Gasteiger partial charge in [-0.25, -0.2) is 4.39 Å². The van der Waals surface area contributed by atoms with Crippen LogP contribution in [-0.4, -0.2) is 11.4 Å². The largest absolute Gasteiger partial charge is 0.366 e. The van der Waals surface area contributed by atoms with Gasteiger partial charge in [-0.15, -0.1) is 0 Å². The first-order valence-electron chi connectivity index (χ1n) is 3.59. The van der Waals surface area contributed by atoms with Gasteiger partial charge >= 0.3 is 0 Å². The average Bonchev–Trinajstić information content (AvgIpc) is 1.83. The first-order chi connectivity index (χ1) is 5.42. The molecule has 1 aliphatic rings. The van der Waals surface area contributed by atoms with Crippen molar-refractivity contribution in [1.82, 2.24) is 0 Å². The smallest absolute Gasteiger partial charge is 0.251 e. The van der Waals surface area contributed by atoms with Crippen molar-refractivity contribution in [3.63, 3.8) is 0 Å². The Hall–Kier alpha value is -1.16. The van der Waals surface area contributed by atoms with E-state index in [-0.39, 0.29) is 12.0 Å². The zero-order valence-corrected chi connectivity index (χ0v) is 6.80. The van der Waals surface area contributed by atoms with Crippen LogP contribution in [0.4, 0.5) is 4.39 Å². The number of amides is 1. The fourth-order valence-corrected chi connectivity index (χ4v) is 1.07. The van der Waals surface area contributed by atoms with Crippen molar-refractivity contribution in [2.24, 2.45) is 11.5 Å². The Labute approximate surface area is 69.9 Å².